The fourth-order valence-electron chi connectivity index (χ4n) is 0.742. The van der Waals surface area contributed by atoms with Gasteiger partial charge in [-0.25, -0.2) is 0 Å². The molecule has 0 aliphatic rings. The van der Waals surface area contributed by atoms with Crippen LogP contribution in [0.1, 0.15) is 6.92 Å². The second kappa shape index (κ2) is 15.4. The van der Waals surface area contributed by atoms with Gasteiger partial charge in [-0.05, 0) is 19.1 Å². The fraction of sp³-hybridized carbons (Fsp3) is 0.778. The molecule has 0 bridgehead atoms. The molecular weight excluding hydrogens is 324 g/mol. The van der Waals surface area contributed by atoms with Gasteiger partial charge in [0.1, 0.15) is 24.4 Å². The molecule has 0 aliphatic carbocycles. The molecule has 5 N–H and O–H groups in total. The molecule has 19 heavy (non-hydrogen) atoms. The Morgan fingerprint density at radius 2 is 1.79 bits per heavy atom. The maximum absolute atomic E-state index is 9.90. The zero-order valence-electron chi connectivity index (χ0n) is 9.71. The summed E-state index contributed by atoms with van der Waals surface area (Å²) in [7, 11) is 0. The van der Waals surface area contributed by atoms with Crippen LogP contribution in [-0.2, 0) is 9.53 Å². The van der Waals surface area contributed by atoms with Crippen LogP contribution in [-0.4, -0.2) is 112 Å². The summed E-state index contributed by atoms with van der Waals surface area (Å²) in [6.07, 6.45) is -6.84. The number of thiol groups is 1. The van der Waals surface area contributed by atoms with E-state index < -0.39 is 31.0 Å². The number of ether oxygens (including phenoxy) is 1. The number of hydrogen-bond donors (Lipinski definition) is 6. The van der Waals surface area contributed by atoms with Crippen molar-refractivity contribution < 1.29 is 35.1 Å². The molecule has 0 aromatic rings. The van der Waals surface area contributed by atoms with E-state index in [1.54, 1.807) is 0 Å². The van der Waals surface area contributed by atoms with E-state index in [9.17, 15) is 4.79 Å². The number of hydrogen-bond acceptors (Lipinski definition) is 8. The fourth-order valence-corrected chi connectivity index (χ4v) is 0.989. The van der Waals surface area contributed by atoms with E-state index in [4.69, 9.17) is 25.5 Å². The molecule has 0 aliphatic heterocycles. The van der Waals surface area contributed by atoms with Gasteiger partial charge >= 0.3 is 37.7 Å². The van der Waals surface area contributed by atoms with E-state index in [0.717, 1.165) is 0 Å². The van der Waals surface area contributed by atoms with E-state index >= 15 is 0 Å². The summed E-state index contributed by atoms with van der Waals surface area (Å²) in [5.74, 6) is 0. The van der Waals surface area contributed by atoms with Gasteiger partial charge in [0.05, 0.1) is 13.2 Å². The molecule has 0 fully saturated rings. The predicted octanol–water partition coefficient (Wildman–Crippen LogP) is -3.06. The molecule has 7 nitrogen and oxygen atoms in total. The molecule has 0 saturated carbocycles. The Hall–Kier alpha value is 0.970. The van der Waals surface area contributed by atoms with E-state index in [1.165, 1.54) is 0 Å². The number of rotatable bonds is 6. The number of aliphatic hydroxyl groups is 5. The van der Waals surface area contributed by atoms with Crippen LogP contribution in [0.5, 0.6) is 0 Å². The van der Waals surface area contributed by atoms with Crippen LogP contribution in [0, 0.1) is 0 Å². The van der Waals surface area contributed by atoms with Gasteiger partial charge in [-0.3, -0.25) is 0 Å². The molecule has 0 radical (unpaired) electrons. The van der Waals surface area contributed by atoms with Gasteiger partial charge in [-0.1, -0.05) is 12.6 Å². The van der Waals surface area contributed by atoms with Crippen molar-refractivity contribution >= 4 is 73.3 Å². The second-order valence-electron chi connectivity index (χ2n) is 3.06. The van der Waals surface area contributed by atoms with Gasteiger partial charge < -0.3 is 35.1 Å². The summed E-state index contributed by atoms with van der Waals surface area (Å²) < 4.78 is 4.95. The molecule has 0 saturated heterocycles. The normalized spacial score (nSPS) is 15.7. The summed E-state index contributed by atoms with van der Waals surface area (Å²) in [4.78, 5) is 9.90. The van der Waals surface area contributed by atoms with Crippen LogP contribution >= 0.6 is 24.8 Å². The Bertz CT molecular complexity index is 245. The average Bonchev–Trinajstić information content (AvgIpc) is 2.35. The topological polar surface area (TPSA) is 127 Å². The quantitative estimate of drug-likeness (QED) is 0.130. The molecule has 0 heterocycles. The van der Waals surface area contributed by atoms with E-state index in [-0.39, 0.29) is 44.0 Å². The first-order valence-electron chi connectivity index (χ1n) is 4.95. The predicted molar refractivity (Wildman–Crippen MR) is 78.9 cm³/mol. The van der Waals surface area contributed by atoms with Gasteiger partial charge in [0.15, 0.2) is 6.29 Å². The Balaban J connectivity index is -0.000000313. The molecule has 0 unspecified atom stereocenters. The standard InChI is InChI=1S/C6H12O6.C3H6OS2.Ca.2H/c7-1-3(9)5(11)6(12)4(10)2-8;1-2-4-3(5)6;;;/h1,3-6,8-12H,2H2;2H2,1H3,(H,5,6);;;/t3-,4+,5+,6+;;;;/m0..../s1. The summed E-state index contributed by atoms with van der Waals surface area (Å²) in [5.41, 5.74) is 0. The third-order valence-corrected chi connectivity index (χ3v) is 1.94. The number of carbonyl (C=O) groups is 1. The average molecular weight is 344 g/mol. The molecule has 0 aromatic carbocycles. The van der Waals surface area contributed by atoms with Crippen LogP contribution in [0.3, 0.4) is 0 Å². The first kappa shape index (κ1) is 25.0. The molecule has 0 spiro atoms. The zero-order valence-corrected chi connectivity index (χ0v) is 11.4. The van der Waals surface area contributed by atoms with Crippen LogP contribution in [0.4, 0.5) is 0 Å². The monoisotopic (exact) mass is 344 g/mol. The first-order chi connectivity index (χ1) is 8.31. The van der Waals surface area contributed by atoms with Crippen molar-refractivity contribution in [2.45, 2.75) is 31.3 Å². The number of carbonyl (C=O) groups excluding carboxylic acids is 1. The second-order valence-corrected chi connectivity index (χ2v) is 4.14. The number of thiocarbonyl (C=S) groups is 1. The van der Waals surface area contributed by atoms with Gasteiger partial charge in [0, 0.05) is 0 Å². The van der Waals surface area contributed by atoms with Gasteiger partial charge in [0.2, 0.25) is 4.38 Å². The Labute approximate surface area is 152 Å². The molecular formula is C9H20CaO7S2. The van der Waals surface area contributed by atoms with E-state index in [0.29, 0.717) is 11.0 Å². The van der Waals surface area contributed by atoms with Crippen molar-refractivity contribution in [2.24, 2.45) is 0 Å². The molecule has 0 rings (SSSR count). The minimum absolute atomic E-state index is 0. The molecule has 0 aromatic heterocycles. The molecule has 0 amide bonds. The van der Waals surface area contributed by atoms with Crippen molar-refractivity contribution in [3.05, 3.63) is 0 Å². The molecule has 10 heteroatoms. The summed E-state index contributed by atoms with van der Waals surface area (Å²) in [6, 6.07) is 0. The molecule has 112 valence electrons. The van der Waals surface area contributed by atoms with Crippen LogP contribution in [0.25, 0.3) is 0 Å². The van der Waals surface area contributed by atoms with E-state index in [2.05, 4.69) is 29.6 Å². The summed E-state index contributed by atoms with van der Waals surface area (Å²) >= 11 is 8.12. The SMILES string of the molecule is CCOC(=S)S.O=C[C@H](O)[C@@H](O)[C@H](O)[C@H](O)CO.[CaH2]. The van der Waals surface area contributed by atoms with Crippen LogP contribution in [0.15, 0.2) is 0 Å². The Kier molecular flexibility index (Phi) is 20.2. The van der Waals surface area contributed by atoms with Gasteiger partial charge in [0.25, 0.3) is 0 Å². The van der Waals surface area contributed by atoms with Crippen molar-refractivity contribution in [2.75, 3.05) is 13.2 Å². The van der Waals surface area contributed by atoms with Gasteiger partial charge in [-0.15, -0.1) is 0 Å². The number of aldehydes is 1. The van der Waals surface area contributed by atoms with Gasteiger partial charge in [-0.2, -0.15) is 0 Å². The minimum atomic E-state index is -1.79. The maximum atomic E-state index is 9.90. The summed E-state index contributed by atoms with van der Waals surface area (Å²) in [6.45, 7) is 1.72. The molecule has 4 atom stereocenters. The van der Waals surface area contributed by atoms with Crippen molar-refractivity contribution in [3.63, 3.8) is 0 Å². The Morgan fingerprint density at radius 1 is 1.32 bits per heavy atom. The van der Waals surface area contributed by atoms with Crippen molar-refractivity contribution in [1.82, 2.24) is 0 Å². The first-order valence-corrected chi connectivity index (χ1v) is 5.81. The zero-order chi connectivity index (χ0) is 14.7. The summed E-state index contributed by atoms with van der Waals surface area (Å²) in [5, 5.41) is 43.5. The van der Waals surface area contributed by atoms with Crippen molar-refractivity contribution in [3.8, 4) is 0 Å². The van der Waals surface area contributed by atoms with Crippen molar-refractivity contribution in [1.29, 1.82) is 0 Å². The van der Waals surface area contributed by atoms with Crippen LogP contribution in [0.2, 0.25) is 0 Å². The van der Waals surface area contributed by atoms with Crippen LogP contribution < -0.4 is 0 Å². The third kappa shape index (κ3) is 13.7. The third-order valence-electron chi connectivity index (χ3n) is 1.69. The number of aliphatic hydroxyl groups excluding tert-OH is 5. The Morgan fingerprint density at radius 3 is 2.00 bits per heavy atom. The van der Waals surface area contributed by atoms with E-state index in [1.807, 2.05) is 6.92 Å².